The van der Waals surface area contributed by atoms with Gasteiger partial charge in [-0.05, 0) is 37.5 Å². The summed E-state index contributed by atoms with van der Waals surface area (Å²) in [5, 5.41) is 19.8. The molecule has 0 heterocycles. The summed E-state index contributed by atoms with van der Waals surface area (Å²) in [5.74, 6) is 0.170. The van der Waals surface area contributed by atoms with Gasteiger partial charge in [0.1, 0.15) is 5.75 Å². The van der Waals surface area contributed by atoms with Crippen molar-refractivity contribution in [2.75, 3.05) is 26.8 Å². The molecule has 1 aromatic carbocycles. The maximum atomic E-state index is 12.8. The molecule has 5 heteroatoms. The molecule has 0 aromatic heterocycles. The van der Waals surface area contributed by atoms with E-state index in [9.17, 15) is 15.0 Å². The van der Waals surface area contributed by atoms with Crippen molar-refractivity contribution in [2.45, 2.75) is 32.3 Å². The molecule has 1 aliphatic rings. The van der Waals surface area contributed by atoms with E-state index >= 15 is 0 Å². The smallest absolute Gasteiger partial charge is 0.231 e. The number of aliphatic hydroxyl groups excluding tert-OH is 1. The Morgan fingerprint density at radius 3 is 2.68 bits per heavy atom. The van der Waals surface area contributed by atoms with Crippen molar-refractivity contribution in [1.29, 1.82) is 0 Å². The molecule has 0 spiro atoms. The zero-order valence-corrected chi connectivity index (χ0v) is 13.3. The van der Waals surface area contributed by atoms with Crippen LogP contribution in [0.1, 0.15) is 37.9 Å². The van der Waals surface area contributed by atoms with Crippen LogP contribution >= 0.6 is 0 Å². The van der Waals surface area contributed by atoms with Gasteiger partial charge in [-0.1, -0.05) is 18.6 Å². The highest BCUT2D eigenvalue weighted by Crippen LogP contribution is 2.43. The maximum Gasteiger partial charge on any atom is 0.231 e. The second kappa shape index (κ2) is 7.11. The average molecular weight is 307 g/mol. The highest BCUT2D eigenvalue weighted by molar-refractivity contribution is 5.83. The Hall–Kier alpha value is -1.59. The Morgan fingerprint density at radius 2 is 2.18 bits per heavy atom. The molecule has 122 valence electrons. The minimum atomic E-state index is -0.810. The van der Waals surface area contributed by atoms with Crippen LogP contribution in [0.4, 0.5) is 0 Å². The summed E-state index contributed by atoms with van der Waals surface area (Å²) in [7, 11) is 1.62. The van der Waals surface area contributed by atoms with Crippen molar-refractivity contribution in [2.24, 2.45) is 5.41 Å². The molecule has 1 saturated carbocycles. The van der Waals surface area contributed by atoms with Crippen LogP contribution in [0.15, 0.2) is 24.3 Å². The van der Waals surface area contributed by atoms with Crippen LogP contribution in [-0.4, -0.2) is 47.8 Å². The van der Waals surface area contributed by atoms with E-state index in [2.05, 4.69) is 0 Å². The minimum absolute atomic E-state index is 0.0577. The van der Waals surface area contributed by atoms with Crippen LogP contribution in [0.3, 0.4) is 0 Å². The van der Waals surface area contributed by atoms with Gasteiger partial charge in [-0.15, -0.1) is 0 Å². The van der Waals surface area contributed by atoms with Crippen LogP contribution in [0.25, 0.3) is 0 Å². The molecule has 1 amide bonds. The summed E-state index contributed by atoms with van der Waals surface area (Å²) in [6.07, 6.45) is 1.93. The number of ether oxygens (including phenoxy) is 1. The zero-order chi connectivity index (χ0) is 16.2. The SMILES string of the molecule is CCN(C[C@@H](O)c1cccc(O)c1)C(=O)C1(COC)CCC1. The van der Waals surface area contributed by atoms with Crippen LogP contribution in [0.2, 0.25) is 0 Å². The lowest BCUT2D eigenvalue weighted by molar-refractivity contribution is -0.153. The maximum absolute atomic E-state index is 12.8. The van der Waals surface area contributed by atoms with Gasteiger partial charge in [0.25, 0.3) is 0 Å². The lowest BCUT2D eigenvalue weighted by atomic mass is 9.68. The molecule has 1 aliphatic carbocycles. The predicted molar refractivity (Wildman–Crippen MR) is 83.5 cm³/mol. The molecule has 0 unspecified atom stereocenters. The molecule has 0 aliphatic heterocycles. The Labute approximate surface area is 131 Å². The Morgan fingerprint density at radius 1 is 1.45 bits per heavy atom. The van der Waals surface area contributed by atoms with Gasteiger partial charge >= 0.3 is 0 Å². The fourth-order valence-electron chi connectivity index (χ4n) is 3.04. The highest BCUT2D eigenvalue weighted by atomic mass is 16.5. The van der Waals surface area contributed by atoms with E-state index in [4.69, 9.17) is 4.74 Å². The Bertz CT molecular complexity index is 513. The van der Waals surface area contributed by atoms with E-state index in [-0.39, 0.29) is 18.2 Å². The van der Waals surface area contributed by atoms with Crippen molar-refractivity contribution in [3.05, 3.63) is 29.8 Å². The molecule has 0 saturated heterocycles. The van der Waals surface area contributed by atoms with E-state index < -0.39 is 11.5 Å². The number of likely N-dealkylation sites (N-methyl/N-ethyl adjacent to an activating group) is 1. The third-order valence-corrected chi connectivity index (χ3v) is 4.50. The number of carbonyl (C=O) groups is 1. The quantitative estimate of drug-likeness (QED) is 0.809. The summed E-state index contributed by atoms with van der Waals surface area (Å²) >= 11 is 0. The first-order valence-corrected chi connectivity index (χ1v) is 7.77. The van der Waals surface area contributed by atoms with Crippen LogP contribution in [-0.2, 0) is 9.53 Å². The van der Waals surface area contributed by atoms with Gasteiger partial charge in [-0.3, -0.25) is 4.79 Å². The normalized spacial score (nSPS) is 17.6. The van der Waals surface area contributed by atoms with Gasteiger partial charge in [-0.25, -0.2) is 0 Å². The summed E-state index contributed by atoms with van der Waals surface area (Å²) in [6.45, 7) is 3.11. The Kier molecular flexibility index (Phi) is 5.42. The molecule has 2 N–H and O–H groups in total. The predicted octanol–water partition coefficient (Wildman–Crippen LogP) is 2.09. The van der Waals surface area contributed by atoms with Gasteiger partial charge in [0.2, 0.25) is 5.91 Å². The number of hydrogen-bond acceptors (Lipinski definition) is 4. The molecular weight excluding hydrogens is 282 g/mol. The average Bonchev–Trinajstić information content (AvgIpc) is 2.47. The van der Waals surface area contributed by atoms with Gasteiger partial charge in [0.15, 0.2) is 0 Å². The fraction of sp³-hybridized carbons (Fsp3) is 0.588. The number of aromatic hydroxyl groups is 1. The number of phenolic OH excluding ortho intramolecular Hbond substituents is 1. The lowest BCUT2D eigenvalue weighted by Gasteiger charge is -2.43. The van der Waals surface area contributed by atoms with Crippen molar-refractivity contribution in [3.63, 3.8) is 0 Å². The number of hydrogen-bond donors (Lipinski definition) is 2. The van der Waals surface area contributed by atoms with E-state index in [1.165, 1.54) is 6.07 Å². The number of rotatable bonds is 7. The van der Waals surface area contributed by atoms with E-state index in [1.54, 1.807) is 30.2 Å². The van der Waals surface area contributed by atoms with Crippen molar-refractivity contribution >= 4 is 5.91 Å². The summed E-state index contributed by atoms with van der Waals surface area (Å²) in [5.41, 5.74) is 0.198. The highest BCUT2D eigenvalue weighted by Gasteiger charge is 2.46. The van der Waals surface area contributed by atoms with E-state index in [1.807, 2.05) is 6.92 Å². The largest absolute Gasteiger partial charge is 0.508 e. The van der Waals surface area contributed by atoms with Crippen LogP contribution in [0, 0.1) is 5.41 Å². The first-order valence-electron chi connectivity index (χ1n) is 7.77. The molecular formula is C17H25NO4. The van der Waals surface area contributed by atoms with Gasteiger partial charge in [0, 0.05) is 13.7 Å². The number of carbonyl (C=O) groups excluding carboxylic acids is 1. The van der Waals surface area contributed by atoms with E-state index in [0.717, 1.165) is 19.3 Å². The first-order chi connectivity index (χ1) is 10.5. The van der Waals surface area contributed by atoms with Gasteiger partial charge in [0.05, 0.1) is 24.7 Å². The van der Waals surface area contributed by atoms with Gasteiger partial charge in [-0.2, -0.15) is 0 Å². The summed E-state index contributed by atoms with van der Waals surface area (Å²) in [6, 6.07) is 6.51. The second-order valence-electron chi connectivity index (χ2n) is 6.02. The van der Waals surface area contributed by atoms with Crippen molar-refractivity contribution in [1.82, 2.24) is 4.90 Å². The monoisotopic (exact) mass is 307 g/mol. The number of amides is 1. The number of nitrogens with zero attached hydrogens (tertiary/aromatic N) is 1. The summed E-state index contributed by atoms with van der Waals surface area (Å²) in [4.78, 5) is 14.5. The van der Waals surface area contributed by atoms with Gasteiger partial charge < -0.3 is 19.8 Å². The Balaban J connectivity index is 2.06. The van der Waals surface area contributed by atoms with Crippen molar-refractivity contribution in [3.8, 4) is 5.75 Å². The number of methoxy groups -OCH3 is 1. The molecule has 1 aromatic rings. The third kappa shape index (κ3) is 3.42. The van der Waals surface area contributed by atoms with Crippen molar-refractivity contribution < 1.29 is 19.7 Å². The topological polar surface area (TPSA) is 70.0 Å². The number of phenols is 1. The molecule has 0 radical (unpaired) electrons. The zero-order valence-electron chi connectivity index (χ0n) is 13.3. The number of benzene rings is 1. The van der Waals surface area contributed by atoms with Crippen LogP contribution < -0.4 is 0 Å². The molecule has 2 rings (SSSR count). The molecule has 22 heavy (non-hydrogen) atoms. The summed E-state index contributed by atoms with van der Waals surface area (Å²) < 4.78 is 5.23. The molecule has 1 atom stereocenters. The fourth-order valence-corrected chi connectivity index (χ4v) is 3.04. The molecule has 1 fully saturated rings. The van der Waals surface area contributed by atoms with Crippen LogP contribution in [0.5, 0.6) is 5.75 Å². The first kappa shape index (κ1) is 16.8. The second-order valence-corrected chi connectivity index (χ2v) is 6.02. The molecule has 0 bridgehead atoms. The standard InChI is InChI=1S/C17H25NO4/c1-3-18(16(21)17(12-22-2)8-5-9-17)11-15(20)13-6-4-7-14(19)10-13/h4,6-7,10,15,19-20H,3,5,8-9,11-12H2,1-2H3/t15-/m1/s1. The lowest BCUT2D eigenvalue weighted by Crippen LogP contribution is -2.51. The molecule has 5 nitrogen and oxygen atoms in total. The minimum Gasteiger partial charge on any atom is -0.508 e. The number of aliphatic hydroxyl groups is 1. The third-order valence-electron chi connectivity index (χ3n) is 4.50. The van der Waals surface area contributed by atoms with E-state index in [0.29, 0.717) is 18.7 Å².